The number of ether oxygens (including phenoxy) is 1. The molecule has 1 aromatic heterocycles. The summed E-state index contributed by atoms with van der Waals surface area (Å²) in [4.78, 5) is 13.3. The molecular formula is C25H28FN3O3. The largest absolute Gasteiger partial charge is 0.496 e. The minimum Gasteiger partial charge on any atom is -0.496 e. The molecule has 32 heavy (non-hydrogen) atoms. The fourth-order valence-corrected chi connectivity index (χ4v) is 4.69. The van der Waals surface area contributed by atoms with E-state index in [4.69, 9.17) is 9.84 Å². The lowest BCUT2D eigenvalue weighted by molar-refractivity contribution is -0.131. The highest BCUT2D eigenvalue weighted by molar-refractivity contribution is 5.85. The summed E-state index contributed by atoms with van der Waals surface area (Å²) in [5, 5.41) is 17.3. The zero-order valence-electron chi connectivity index (χ0n) is 18.5. The quantitative estimate of drug-likeness (QED) is 0.528. The number of hydrogen-bond acceptors (Lipinski definition) is 4. The average Bonchev–Trinajstić information content (AvgIpc) is 3.27. The lowest BCUT2D eigenvalue weighted by atomic mass is 9.82. The number of H-pyrrole nitrogens is 1. The molecule has 2 heterocycles. The van der Waals surface area contributed by atoms with Crippen LogP contribution < -0.4 is 4.74 Å². The van der Waals surface area contributed by atoms with Crippen LogP contribution in [0.1, 0.15) is 42.1 Å². The minimum atomic E-state index is -1.00. The van der Waals surface area contributed by atoms with Crippen molar-refractivity contribution in [1.82, 2.24) is 15.1 Å². The molecule has 0 aliphatic carbocycles. The van der Waals surface area contributed by atoms with Gasteiger partial charge in [-0.25, -0.2) is 4.79 Å². The Bertz CT molecular complexity index is 1160. The van der Waals surface area contributed by atoms with Gasteiger partial charge in [0.05, 0.1) is 31.5 Å². The van der Waals surface area contributed by atoms with E-state index in [1.807, 2.05) is 37.4 Å². The molecule has 0 radical (unpaired) electrons. The predicted octanol–water partition coefficient (Wildman–Crippen LogP) is 4.61. The predicted molar refractivity (Wildman–Crippen MR) is 123 cm³/mol. The van der Waals surface area contributed by atoms with Crippen molar-refractivity contribution < 1.29 is 19.0 Å². The topological polar surface area (TPSA) is 78.5 Å². The number of fused-ring (bicyclic) bond motifs is 3. The van der Waals surface area contributed by atoms with Crippen molar-refractivity contribution in [3.63, 3.8) is 0 Å². The van der Waals surface area contributed by atoms with Gasteiger partial charge in [0, 0.05) is 29.6 Å². The first-order valence-corrected chi connectivity index (χ1v) is 10.8. The van der Waals surface area contributed by atoms with Gasteiger partial charge in [-0.1, -0.05) is 25.1 Å². The molecule has 3 aromatic rings. The maximum atomic E-state index is 13.5. The maximum Gasteiger partial charge on any atom is 0.328 e. The van der Waals surface area contributed by atoms with E-state index in [0.29, 0.717) is 12.3 Å². The smallest absolute Gasteiger partial charge is 0.328 e. The monoisotopic (exact) mass is 437 g/mol. The molecule has 1 aliphatic rings. The summed E-state index contributed by atoms with van der Waals surface area (Å²) in [5.74, 6) is -0.422. The summed E-state index contributed by atoms with van der Waals surface area (Å²) in [5.41, 5.74) is 5.12. The van der Waals surface area contributed by atoms with Crippen LogP contribution in [0.15, 0.2) is 42.6 Å². The number of nitrogens with one attached hydrogen (secondary N) is 1. The molecule has 0 amide bonds. The average molecular weight is 438 g/mol. The Morgan fingerprint density at radius 1 is 1.38 bits per heavy atom. The van der Waals surface area contributed by atoms with Gasteiger partial charge in [0.15, 0.2) is 0 Å². The molecule has 1 aliphatic heterocycles. The number of carboxylic acids is 1. The summed E-state index contributed by atoms with van der Waals surface area (Å²) in [7, 11) is 1.62. The fourth-order valence-electron chi connectivity index (χ4n) is 4.69. The van der Waals surface area contributed by atoms with Crippen LogP contribution in [0.4, 0.5) is 4.39 Å². The Labute approximate surface area is 186 Å². The highest BCUT2D eigenvalue weighted by Gasteiger charge is 2.36. The van der Waals surface area contributed by atoms with Gasteiger partial charge in [-0.2, -0.15) is 5.10 Å². The van der Waals surface area contributed by atoms with Crippen LogP contribution in [0.25, 0.3) is 17.0 Å². The van der Waals surface area contributed by atoms with Crippen molar-refractivity contribution in [3.05, 3.63) is 64.9 Å². The third-order valence-corrected chi connectivity index (χ3v) is 6.22. The van der Waals surface area contributed by atoms with Crippen LogP contribution in [-0.4, -0.2) is 52.5 Å². The van der Waals surface area contributed by atoms with Gasteiger partial charge in [-0.05, 0) is 54.2 Å². The molecule has 0 bridgehead atoms. The Balaban J connectivity index is 1.87. The summed E-state index contributed by atoms with van der Waals surface area (Å²) in [6.45, 7) is 4.35. The molecule has 0 saturated carbocycles. The van der Waals surface area contributed by atoms with Crippen molar-refractivity contribution in [2.24, 2.45) is 5.92 Å². The third kappa shape index (κ3) is 4.12. The third-order valence-electron chi connectivity index (χ3n) is 6.22. The molecule has 3 atom stereocenters. The first-order valence-electron chi connectivity index (χ1n) is 10.8. The van der Waals surface area contributed by atoms with Gasteiger partial charge >= 0.3 is 5.97 Å². The molecule has 0 spiro atoms. The van der Waals surface area contributed by atoms with Crippen LogP contribution in [0.2, 0.25) is 0 Å². The van der Waals surface area contributed by atoms with Crippen molar-refractivity contribution in [3.8, 4) is 5.75 Å². The number of benzene rings is 2. The summed E-state index contributed by atoms with van der Waals surface area (Å²) in [6, 6.07) is 9.96. The van der Waals surface area contributed by atoms with Gasteiger partial charge in [0.2, 0.25) is 0 Å². The summed E-state index contributed by atoms with van der Waals surface area (Å²) in [6.07, 6.45) is 5.37. The summed E-state index contributed by atoms with van der Waals surface area (Å²) < 4.78 is 19.2. The van der Waals surface area contributed by atoms with E-state index in [-0.39, 0.29) is 24.7 Å². The van der Waals surface area contributed by atoms with E-state index in [0.717, 1.165) is 40.1 Å². The fraction of sp³-hybridized carbons (Fsp3) is 0.360. The zero-order valence-corrected chi connectivity index (χ0v) is 18.5. The van der Waals surface area contributed by atoms with Crippen LogP contribution in [0.5, 0.6) is 5.75 Å². The Kier molecular flexibility index (Phi) is 6.28. The number of carboxylic acid groups (broad SMARTS) is 1. The number of aliphatic carboxylic acids is 1. The van der Waals surface area contributed by atoms with E-state index in [1.54, 1.807) is 13.2 Å². The molecule has 2 N–H and O–H groups in total. The first kappa shape index (κ1) is 22.0. The van der Waals surface area contributed by atoms with Gasteiger partial charge < -0.3 is 9.84 Å². The minimum absolute atomic E-state index is 0.0945. The van der Waals surface area contributed by atoms with Crippen LogP contribution >= 0.6 is 0 Å². The van der Waals surface area contributed by atoms with Crippen LogP contribution in [0.3, 0.4) is 0 Å². The number of aromatic nitrogens is 2. The highest BCUT2D eigenvalue weighted by Crippen LogP contribution is 2.43. The van der Waals surface area contributed by atoms with Crippen molar-refractivity contribution in [2.45, 2.75) is 32.4 Å². The number of rotatable bonds is 7. The second-order valence-corrected chi connectivity index (χ2v) is 8.55. The van der Waals surface area contributed by atoms with E-state index in [1.165, 1.54) is 5.56 Å². The number of carbonyl (C=O) groups is 1. The number of alkyl halides is 1. The van der Waals surface area contributed by atoms with Gasteiger partial charge in [-0.3, -0.25) is 14.4 Å². The molecule has 168 valence electrons. The normalized spacial score (nSPS) is 19.9. The van der Waals surface area contributed by atoms with Gasteiger partial charge in [-0.15, -0.1) is 0 Å². The molecule has 6 nitrogen and oxygen atoms in total. The van der Waals surface area contributed by atoms with E-state index >= 15 is 0 Å². The maximum absolute atomic E-state index is 13.5. The SMILES string of the molecule is COc1cc(/C=C/C(=O)O)ccc1[C@H]1c2ccc3[nH]ncc3c2C[C@@H](C)N1CC(C)CF. The lowest BCUT2D eigenvalue weighted by Gasteiger charge is -2.43. The van der Waals surface area contributed by atoms with Crippen LogP contribution in [0, 0.1) is 5.92 Å². The van der Waals surface area contributed by atoms with E-state index in [2.05, 4.69) is 28.1 Å². The molecule has 0 saturated heterocycles. The number of hydrogen-bond donors (Lipinski definition) is 2. The first-order chi connectivity index (χ1) is 15.4. The number of aromatic amines is 1. The van der Waals surface area contributed by atoms with Crippen LogP contribution in [-0.2, 0) is 11.2 Å². The highest BCUT2D eigenvalue weighted by atomic mass is 19.1. The van der Waals surface area contributed by atoms with E-state index in [9.17, 15) is 9.18 Å². The van der Waals surface area contributed by atoms with E-state index < -0.39 is 5.97 Å². The molecular weight excluding hydrogens is 409 g/mol. The van der Waals surface area contributed by atoms with Crippen molar-refractivity contribution in [1.29, 1.82) is 0 Å². The molecule has 2 aromatic carbocycles. The summed E-state index contributed by atoms with van der Waals surface area (Å²) >= 11 is 0. The van der Waals surface area contributed by atoms with Crippen molar-refractivity contribution >= 4 is 22.9 Å². The van der Waals surface area contributed by atoms with Crippen molar-refractivity contribution in [2.75, 3.05) is 20.3 Å². The molecule has 0 fully saturated rings. The second kappa shape index (κ2) is 9.12. The number of nitrogens with zero attached hydrogens (tertiary/aromatic N) is 2. The Hall–Kier alpha value is -3.19. The zero-order chi connectivity index (χ0) is 22.8. The molecule has 1 unspecified atom stereocenters. The Morgan fingerprint density at radius 2 is 2.16 bits per heavy atom. The molecule has 7 heteroatoms. The van der Waals surface area contributed by atoms with Gasteiger partial charge in [0.25, 0.3) is 0 Å². The lowest BCUT2D eigenvalue weighted by Crippen LogP contribution is -2.45. The van der Waals surface area contributed by atoms with Gasteiger partial charge in [0.1, 0.15) is 5.75 Å². The second-order valence-electron chi connectivity index (χ2n) is 8.55. The molecule has 4 rings (SSSR count). The number of methoxy groups -OCH3 is 1. The Morgan fingerprint density at radius 3 is 2.88 bits per heavy atom. The number of halogens is 1. The standard InChI is InChI=1S/C25H28FN3O3/c1-15(12-26)14-29-16(2)10-20-18(7-8-22-21(20)13-27-28-22)25(29)19-6-4-17(5-9-24(30)31)11-23(19)32-3/h4-9,11,13,15-16,25H,10,12,14H2,1-3H3,(H,27,28)(H,30,31)/b9-5+/t15?,16-,25-/m1/s1.